The number of hydrogen-bond acceptors (Lipinski definition) is 3. The van der Waals surface area contributed by atoms with E-state index in [2.05, 4.69) is 42.9 Å². The Bertz CT molecular complexity index is 536. The predicted octanol–water partition coefficient (Wildman–Crippen LogP) is 3.44. The molecular weight excluding hydrogens is 222 g/mol. The van der Waals surface area contributed by atoms with Crippen LogP contribution in [-0.4, -0.2) is 18.1 Å². The molecule has 1 aromatic heterocycles. The molecule has 2 aromatic rings. The summed E-state index contributed by atoms with van der Waals surface area (Å²) >= 11 is 0. The second kappa shape index (κ2) is 5.25. The average Bonchev–Trinajstić information content (AvgIpc) is 2.39. The predicted molar refractivity (Wildman–Crippen MR) is 78.9 cm³/mol. The second-order valence-corrected chi connectivity index (χ2v) is 4.82. The van der Waals surface area contributed by atoms with Gasteiger partial charge in [-0.05, 0) is 37.6 Å². The van der Waals surface area contributed by atoms with E-state index >= 15 is 0 Å². The number of benzene rings is 1. The summed E-state index contributed by atoms with van der Waals surface area (Å²) < 4.78 is 0. The fourth-order valence-corrected chi connectivity index (χ4v) is 2.34. The van der Waals surface area contributed by atoms with Crippen LogP contribution >= 0.6 is 0 Å². The highest BCUT2D eigenvalue weighted by atomic mass is 15.1. The van der Waals surface area contributed by atoms with Crippen LogP contribution in [0, 0.1) is 0 Å². The van der Waals surface area contributed by atoms with E-state index in [1.165, 1.54) is 18.5 Å². The summed E-state index contributed by atoms with van der Waals surface area (Å²) in [5, 5.41) is 1.13. The topological polar surface area (TPSA) is 42.1 Å². The quantitative estimate of drug-likeness (QED) is 0.836. The number of anilines is 2. The van der Waals surface area contributed by atoms with Crippen molar-refractivity contribution >= 4 is 22.3 Å². The molecule has 0 fully saturated rings. The molecule has 0 spiro atoms. The third-order valence-electron chi connectivity index (χ3n) is 3.53. The van der Waals surface area contributed by atoms with Crippen LogP contribution < -0.4 is 10.6 Å². The summed E-state index contributed by atoms with van der Waals surface area (Å²) in [4.78, 5) is 6.69. The summed E-state index contributed by atoms with van der Waals surface area (Å²) in [6.07, 6.45) is 4.16. The van der Waals surface area contributed by atoms with Gasteiger partial charge in [0.05, 0.1) is 11.2 Å². The Morgan fingerprint density at radius 1 is 1.33 bits per heavy atom. The summed E-state index contributed by atoms with van der Waals surface area (Å²) in [5.74, 6) is 0. The first-order valence-corrected chi connectivity index (χ1v) is 6.51. The van der Waals surface area contributed by atoms with Crippen molar-refractivity contribution in [2.45, 2.75) is 32.7 Å². The largest absolute Gasteiger partial charge is 0.397 e. The average molecular weight is 243 g/mol. The lowest BCUT2D eigenvalue weighted by atomic mass is 10.1. The first-order chi connectivity index (χ1) is 8.65. The van der Waals surface area contributed by atoms with Crippen LogP contribution in [0.4, 0.5) is 11.4 Å². The molecule has 0 bridgehead atoms. The molecule has 0 saturated heterocycles. The van der Waals surface area contributed by atoms with Gasteiger partial charge in [0.25, 0.3) is 0 Å². The highest BCUT2D eigenvalue weighted by molar-refractivity contribution is 5.98. The minimum Gasteiger partial charge on any atom is -0.397 e. The molecule has 3 heteroatoms. The van der Waals surface area contributed by atoms with E-state index in [-0.39, 0.29) is 0 Å². The number of aromatic nitrogens is 1. The zero-order chi connectivity index (χ0) is 13.1. The summed E-state index contributed by atoms with van der Waals surface area (Å²) in [7, 11) is 2.14. The minimum absolute atomic E-state index is 0.516. The van der Waals surface area contributed by atoms with Crippen LogP contribution in [-0.2, 0) is 0 Å². The maximum Gasteiger partial charge on any atom is 0.0951 e. The van der Waals surface area contributed by atoms with Crippen LogP contribution in [0.2, 0.25) is 0 Å². The number of nitrogens with zero attached hydrogens (tertiary/aromatic N) is 2. The molecular formula is C15H21N3. The van der Waals surface area contributed by atoms with Gasteiger partial charge in [-0.1, -0.05) is 13.3 Å². The van der Waals surface area contributed by atoms with Gasteiger partial charge in [0.1, 0.15) is 0 Å². The third kappa shape index (κ3) is 2.26. The van der Waals surface area contributed by atoms with Crippen molar-refractivity contribution < 1.29 is 0 Å². The van der Waals surface area contributed by atoms with Crippen molar-refractivity contribution in [2.24, 2.45) is 0 Å². The summed E-state index contributed by atoms with van der Waals surface area (Å²) in [6, 6.07) is 8.60. The van der Waals surface area contributed by atoms with Crippen LogP contribution in [0.5, 0.6) is 0 Å². The maximum absolute atomic E-state index is 5.98. The second-order valence-electron chi connectivity index (χ2n) is 4.82. The molecule has 1 unspecified atom stereocenters. The fourth-order valence-electron chi connectivity index (χ4n) is 2.34. The molecule has 0 aliphatic carbocycles. The number of fused-ring (bicyclic) bond motifs is 1. The van der Waals surface area contributed by atoms with E-state index in [0.29, 0.717) is 6.04 Å². The van der Waals surface area contributed by atoms with E-state index in [9.17, 15) is 0 Å². The molecule has 0 amide bonds. The number of nitrogen functional groups attached to an aromatic ring is 1. The highest BCUT2D eigenvalue weighted by Gasteiger charge is 2.13. The van der Waals surface area contributed by atoms with Crippen LogP contribution in [0.15, 0.2) is 30.5 Å². The number of rotatable bonds is 4. The van der Waals surface area contributed by atoms with Crippen LogP contribution in [0.25, 0.3) is 10.9 Å². The lowest BCUT2D eigenvalue weighted by molar-refractivity contribution is 0.617. The van der Waals surface area contributed by atoms with E-state index in [0.717, 1.165) is 16.6 Å². The Kier molecular flexibility index (Phi) is 3.70. The number of pyridine rings is 1. The van der Waals surface area contributed by atoms with Gasteiger partial charge in [0, 0.05) is 30.4 Å². The molecule has 0 saturated carbocycles. The first-order valence-electron chi connectivity index (χ1n) is 6.51. The van der Waals surface area contributed by atoms with Gasteiger partial charge in [-0.3, -0.25) is 4.98 Å². The van der Waals surface area contributed by atoms with Crippen LogP contribution in [0.1, 0.15) is 26.7 Å². The zero-order valence-corrected chi connectivity index (χ0v) is 11.4. The standard InChI is InChI=1S/C15H21N3/c1-4-6-11(2)18(3)14-9-8-13(16)15-12(14)7-5-10-17-15/h5,7-11H,4,6,16H2,1-3H3. The van der Waals surface area contributed by atoms with Crippen molar-refractivity contribution in [2.75, 3.05) is 17.7 Å². The van der Waals surface area contributed by atoms with E-state index in [1.807, 2.05) is 12.1 Å². The number of hydrogen-bond donors (Lipinski definition) is 1. The minimum atomic E-state index is 0.516. The highest BCUT2D eigenvalue weighted by Crippen LogP contribution is 2.30. The Labute approximate surface area is 109 Å². The third-order valence-corrected chi connectivity index (χ3v) is 3.53. The lowest BCUT2D eigenvalue weighted by Gasteiger charge is -2.28. The molecule has 0 aliphatic heterocycles. The Morgan fingerprint density at radius 2 is 2.11 bits per heavy atom. The van der Waals surface area contributed by atoms with Crippen molar-refractivity contribution in [1.29, 1.82) is 0 Å². The number of nitrogens with two attached hydrogens (primary N) is 1. The SMILES string of the molecule is CCCC(C)N(C)c1ccc(N)c2ncccc12. The van der Waals surface area contributed by atoms with Crippen molar-refractivity contribution in [3.05, 3.63) is 30.5 Å². The molecule has 1 heterocycles. The Hall–Kier alpha value is -1.77. The van der Waals surface area contributed by atoms with Gasteiger partial charge < -0.3 is 10.6 Å². The van der Waals surface area contributed by atoms with Gasteiger partial charge in [-0.25, -0.2) is 0 Å². The smallest absolute Gasteiger partial charge is 0.0951 e. The molecule has 0 radical (unpaired) electrons. The first kappa shape index (κ1) is 12.7. The molecule has 2 rings (SSSR count). The fraction of sp³-hybridized carbons (Fsp3) is 0.400. The van der Waals surface area contributed by atoms with Gasteiger partial charge >= 0.3 is 0 Å². The molecule has 96 valence electrons. The Balaban J connectivity index is 2.48. The van der Waals surface area contributed by atoms with E-state index < -0.39 is 0 Å². The van der Waals surface area contributed by atoms with Gasteiger partial charge in [-0.2, -0.15) is 0 Å². The summed E-state index contributed by atoms with van der Waals surface area (Å²) in [6.45, 7) is 4.47. The lowest BCUT2D eigenvalue weighted by Crippen LogP contribution is -2.28. The zero-order valence-electron chi connectivity index (χ0n) is 11.4. The molecule has 1 atom stereocenters. The molecule has 3 nitrogen and oxygen atoms in total. The Morgan fingerprint density at radius 3 is 2.83 bits per heavy atom. The molecule has 2 N–H and O–H groups in total. The van der Waals surface area contributed by atoms with Gasteiger partial charge in [0.2, 0.25) is 0 Å². The van der Waals surface area contributed by atoms with Crippen molar-refractivity contribution in [1.82, 2.24) is 4.98 Å². The maximum atomic E-state index is 5.98. The monoisotopic (exact) mass is 243 g/mol. The molecule has 0 aliphatic rings. The van der Waals surface area contributed by atoms with Gasteiger partial charge in [-0.15, -0.1) is 0 Å². The van der Waals surface area contributed by atoms with E-state index in [4.69, 9.17) is 5.73 Å². The molecule has 1 aromatic carbocycles. The molecule has 18 heavy (non-hydrogen) atoms. The van der Waals surface area contributed by atoms with Crippen molar-refractivity contribution in [3.63, 3.8) is 0 Å². The van der Waals surface area contributed by atoms with Gasteiger partial charge in [0.15, 0.2) is 0 Å². The van der Waals surface area contributed by atoms with Crippen LogP contribution in [0.3, 0.4) is 0 Å². The van der Waals surface area contributed by atoms with Crippen molar-refractivity contribution in [3.8, 4) is 0 Å². The normalized spacial score (nSPS) is 12.6. The van der Waals surface area contributed by atoms with E-state index in [1.54, 1.807) is 6.20 Å². The summed E-state index contributed by atoms with van der Waals surface area (Å²) in [5.41, 5.74) is 8.82.